The number of benzene rings is 1. The first-order valence-electron chi connectivity index (χ1n) is 9.76. The summed E-state index contributed by atoms with van der Waals surface area (Å²) in [6.45, 7) is 3.43. The first-order chi connectivity index (χ1) is 10.9. The highest BCUT2D eigenvalue weighted by molar-refractivity contribution is 5.53. The van der Waals surface area contributed by atoms with E-state index < -0.39 is 0 Å². The van der Waals surface area contributed by atoms with Crippen molar-refractivity contribution in [3.05, 3.63) is 29.3 Å². The maximum absolute atomic E-state index is 3.65. The van der Waals surface area contributed by atoms with Gasteiger partial charge >= 0.3 is 0 Å². The van der Waals surface area contributed by atoms with Gasteiger partial charge in [0.1, 0.15) is 0 Å². The molecule has 2 bridgehead atoms. The molecular weight excluding hydrogens is 266 g/mol. The van der Waals surface area contributed by atoms with Crippen molar-refractivity contribution in [1.29, 1.82) is 0 Å². The number of anilines is 1. The number of hydrogen-bond donors (Lipinski definition) is 1. The highest BCUT2D eigenvalue weighted by atomic mass is 14.9. The summed E-state index contributed by atoms with van der Waals surface area (Å²) in [4.78, 5) is 0. The molecule has 0 spiro atoms. The molecule has 0 heterocycles. The SMILES string of the molecule is CCCCCCCCCCNc1ccc2c(c1)C1CCC2C1. The number of nitrogens with one attached hydrogen (secondary N) is 1. The van der Waals surface area contributed by atoms with Gasteiger partial charge in [0.05, 0.1) is 0 Å². The van der Waals surface area contributed by atoms with E-state index in [0.29, 0.717) is 0 Å². The van der Waals surface area contributed by atoms with E-state index >= 15 is 0 Å². The van der Waals surface area contributed by atoms with Crippen molar-refractivity contribution in [2.45, 2.75) is 89.4 Å². The van der Waals surface area contributed by atoms with Crippen LogP contribution in [0.4, 0.5) is 5.69 Å². The largest absolute Gasteiger partial charge is 0.385 e. The summed E-state index contributed by atoms with van der Waals surface area (Å²) in [5, 5.41) is 3.65. The lowest BCUT2D eigenvalue weighted by molar-refractivity contribution is 0.581. The maximum Gasteiger partial charge on any atom is 0.0343 e. The van der Waals surface area contributed by atoms with E-state index in [1.807, 2.05) is 0 Å². The van der Waals surface area contributed by atoms with Crippen molar-refractivity contribution >= 4 is 5.69 Å². The third-order valence-electron chi connectivity index (χ3n) is 5.76. The molecule has 1 N–H and O–H groups in total. The van der Waals surface area contributed by atoms with E-state index in [4.69, 9.17) is 0 Å². The van der Waals surface area contributed by atoms with Crippen molar-refractivity contribution in [3.8, 4) is 0 Å². The summed E-state index contributed by atoms with van der Waals surface area (Å²) in [5.41, 5.74) is 4.68. The third kappa shape index (κ3) is 3.86. The number of fused-ring (bicyclic) bond motifs is 5. The lowest BCUT2D eigenvalue weighted by Crippen LogP contribution is -2.04. The molecular formula is C21H33N. The molecule has 0 aliphatic heterocycles. The maximum atomic E-state index is 3.65. The smallest absolute Gasteiger partial charge is 0.0343 e. The molecule has 1 nitrogen and oxygen atoms in total. The van der Waals surface area contributed by atoms with Crippen LogP contribution >= 0.6 is 0 Å². The van der Waals surface area contributed by atoms with Crippen LogP contribution < -0.4 is 5.32 Å². The monoisotopic (exact) mass is 299 g/mol. The highest BCUT2D eigenvalue weighted by Gasteiger charge is 2.36. The first-order valence-corrected chi connectivity index (χ1v) is 9.76. The van der Waals surface area contributed by atoms with E-state index in [-0.39, 0.29) is 0 Å². The first kappa shape index (κ1) is 15.9. The summed E-state index contributed by atoms with van der Waals surface area (Å²) in [7, 11) is 0. The zero-order valence-electron chi connectivity index (χ0n) is 14.4. The zero-order valence-corrected chi connectivity index (χ0v) is 14.4. The second kappa shape index (κ2) is 8.04. The molecule has 2 aliphatic carbocycles. The standard InChI is InChI=1S/C21H33N/c1-2-3-4-5-6-7-8-9-14-22-19-12-13-20-17-10-11-18(15-17)21(20)16-19/h12-13,16-18,22H,2-11,14-15H2,1H3. The van der Waals surface area contributed by atoms with E-state index in [1.54, 1.807) is 11.1 Å². The van der Waals surface area contributed by atoms with Gasteiger partial charge in [-0.25, -0.2) is 0 Å². The summed E-state index contributed by atoms with van der Waals surface area (Å²) in [5.74, 6) is 1.77. The molecule has 0 radical (unpaired) electrons. The Labute approximate surface area is 136 Å². The Hall–Kier alpha value is -0.980. The van der Waals surface area contributed by atoms with Crippen LogP contribution in [-0.4, -0.2) is 6.54 Å². The van der Waals surface area contributed by atoms with Gasteiger partial charge in [-0.1, -0.05) is 57.9 Å². The topological polar surface area (TPSA) is 12.0 Å². The van der Waals surface area contributed by atoms with E-state index in [2.05, 4.69) is 30.4 Å². The number of rotatable bonds is 10. The minimum Gasteiger partial charge on any atom is -0.385 e. The Kier molecular flexibility index (Phi) is 5.81. The molecule has 1 fully saturated rings. The van der Waals surface area contributed by atoms with Crippen molar-refractivity contribution in [2.24, 2.45) is 0 Å². The molecule has 2 aliphatic rings. The molecule has 1 heteroatoms. The second-order valence-corrected chi connectivity index (χ2v) is 7.45. The minimum absolute atomic E-state index is 0.880. The average molecular weight is 300 g/mol. The van der Waals surface area contributed by atoms with Gasteiger partial charge in [0.15, 0.2) is 0 Å². The average Bonchev–Trinajstić information content (AvgIpc) is 3.15. The predicted octanol–water partition coefficient (Wildman–Crippen LogP) is 6.60. The van der Waals surface area contributed by atoms with E-state index in [9.17, 15) is 0 Å². The number of hydrogen-bond acceptors (Lipinski definition) is 1. The van der Waals surface area contributed by atoms with Crippen LogP contribution in [0, 0.1) is 0 Å². The fourth-order valence-corrected chi connectivity index (χ4v) is 4.45. The van der Waals surface area contributed by atoms with Gasteiger partial charge in [-0.15, -0.1) is 0 Å². The van der Waals surface area contributed by atoms with Crippen molar-refractivity contribution in [3.63, 3.8) is 0 Å². The van der Waals surface area contributed by atoms with Gasteiger partial charge < -0.3 is 5.32 Å². The quantitative estimate of drug-likeness (QED) is 0.480. The van der Waals surface area contributed by atoms with Crippen LogP contribution in [0.5, 0.6) is 0 Å². The van der Waals surface area contributed by atoms with E-state index in [0.717, 1.165) is 18.4 Å². The molecule has 3 rings (SSSR count). The Morgan fingerprint density at radius 3 is 2.32 bits per heavy atom. The fraction of sp³-hybridized carbons (Fsp3) is 0.714. The minimum atomic E-state index is 0.880. The Bertz CT molecular complexity index is 465. The van der Waals surface area contributed by atoms with Crippen molar-refractivity contribution in [1.82, 2.24) is 0 Å². The summed E-state index contributed by atoms with van der Waals surface area (Å²) < 4.78 is 0. The summed E-state index contributed by atoms with van der Waals surface area (Å²) in [6, 6.07) is 7.16. The normalized spacial score (nSPS) is 22.0. The molecule has 22 heavy (non-hydrogen) atoms. The van der Waals surface area contributed by atoms with Crippen LogP contribution in [0.3, 0.4) is 0 Å². The lowest BCUT2D eigenvalue weighted by Gasteiger charge is -2.16. The molecule has 122 valence electrons. The highest BCUT2D eigenvalue weighted by Crippen LogP contribution is 2.53. The Balaban J connectivity index is 1.31. The summed E-state index contributed by atoms with van der Waals surface area (Å²) >= 11 is 0. The van der Waals surface area contributed by atoms with Gasteiger partial charge in [-0.2, -0.15) is 0 Å². The molecule has 2 atom stereocenters. The molecule has 1 aromatic carbocycles. The molecule has 0 saturated heterocycles. The third-order valence-corrected chi connectivity index (χ3v) is 5.76. The van der Waals surface area contributed by atoms with Crippen molar-refractivity contribution < 1.29 is 0 Å². The van der Waals surface area contributed by atoms with Gasteiger partial charge in [-0.3, -0.25) is 0 Å². The van der Waals surface area contributed by atoms with E-state index in [1.165, 1.54) is 76.3 Å². The Morgan fingerprint density at radius 2 is 1.55 bits per heavy atom. The number of unbranched alkanes of at least 4 members (excludes halogenated alkanes) is 7. The molecule has 1 aromatic rings. The van der Waals surface area contributed by atoms with Gasteiger partial charge in [0, 0.05) is 12.2 Å². The molecule has 1 saturated carbocycles. The van der Waals surface area contributed by atoms with Gasteiger partial charge in [0.2, 0.25) is 0 Å². The van der Waals surface area contributed by atoms with Crippen LogP contribution in [-0.2, 0) is 0 Å². The van der Waals surface area contributed by atoms with Gasteiger partial charge in [0.25, 0.3) is 0 Å². The van der Waals surface area contributed by atoms with Crippen LogP contribution in [0.2, 0.25) is 0 Å². The van der Waals surface area contributed by atoms with Crippen molar-refractivity contribution in [2.75, 3.05) is 11.9 Å². The molecule has 0 amide bonds. The zero-order chi connectivity index (χ0) is 15.2. The second-order valence-electron chi connectivity index (χ2n) is 7.45. The van der Waals surface area contributed by atoms with Crippen LogP contribution in [0.1, 0.15) is 101 Å². The summed E-state index contributed by atoms with van der Waals surface area (Å²) in [6.07, 6.45) is 15.5. The van der Waals surface area contributed by atoms with Crippen LogP contribution in [0.15, 0.2) is 18.2 Å². The lowest BCUT2D eigenvalue weighted by atomic mass is 9.91. The molecule has 0 aromatic heterocycles. The Morgan fingerprint density at radius 1 is 0.864 bits per heavy atom. The fourth-order valence-electron chi connectivity index (χ4n) is 4.45. The predicted molar refractivity (Wildman–Crippen MR) is 96.9 cm³/mol. The van der Waals surface area contributed by atoms with Gasteiger partial charge in [-0.05, 0) is 60.8 Å². The van der Waals surface area contributed by atoms with Crippen LogP contribution in [0.25, 0.3) is 0 Å². The molecule has 2 unspecified atom stereocenters.